The minimum atomic E-state index is -1.91. The maximum absolute atomic E-state index is 14.7. The molecule has 0 saturated carbocycles. The molecule has 1 atom stereocenters. The number of ether oxygens (including phenoxy) is 1. The van der Waals surface area contributed by atoms with Crippen LogP contribution in [0.2, 0.25) is 5.02 Å². The molecule has 3 aromatic rings. The molecule has 0 amide bonds. The van der Waals surface area contributed by atoms with Gasteiger partial charge in [-0.15, -0.1) is 0 Å². The van der Waals surface area contributed by atoms with Gasteiger partial charge in [-0.1, -0.05) is 29.3 Å². The molecule has 8 nitrogen and oxygen atoms in total. The highest BCUT2D eigenvalue weighted by Gasteiger charge is 2.17. The lowest BCUT2D eigenvalue weighted by Crippen LogP contribution is -2.19. The van der Waals surface area contributed by atoms with Crippen molar-refractivity contribution < 1.29 is 23.2 Å². The number of hydrogen-bond acceptors (Lipinski definition) is 7. The first kappa shape index (κ1) is 25.0. The first-order valence-electron chi connectivity index (χ1n) is 9.97. The molecule has 0 aliphatic carbocycles. The average molecular weight is 513 g/mol. The number of nitrogens with zero attached hydrogens (tertiary/aromatic N) is 2. The average Bonchev–Trinajstić information content (AvgIpc) is 3.27. The number of aromatic nitrogens is 2. The summed E-state index contributed by atoms with van der Waals surface area (Å²) < 4.78 is 39.4. The Morgan fingerprint density at radius 3 is 2.82 bits per heavy atom. The second kappa shape index (κ2) is 12.0. The summed E-state index contributed by atoms with van der Waals surface area (Å²) in [5.74, 6) is -0.934. The number of carbonyl (C=O) groups is 1. The van der Waals surface area contributed by atoms with Crippen LogP contribution >= 0.6 is 23.1 Å². The fraction of sp³-hybridized carbons (Fsp3) is 0.286. The fourth-order valence-electron chi connectivity index (χ4n) is 2.93. The summed E-state index contributed by atoms with van der Waals surface area (Å²) in [5.41, 5.74) is 1.96. The number of aryl methyl sites for hydroxylation is 2. The van der Waals surface area contributed by atoms with Crippen LogP contribution in [-0.2, 0) is 22.2 Å². The van der Waals surface area contributed by atoms with E-state index in [1.54, 1.807) is 6.07 Å². The number of carboxylic acids is 1. The van der Waals surface area contributed by atoms with E-state index >= 15 is 0 Å². The van der Waals surface area contributed by atoms with Crippen LogP contribution in [0.25, 0.3) is 0 Å². The first-order chi connectivity index (χ1) is 15.8. The topological polar surface area (TPSA) is 113 Å². The normalized spacial score (nSPS) is 11.8. The molecular formula is C21H22ClFN4O4S2. The number of carboxylic acid groups (broad SMARTS) is 1. The van der Waals surface area contributed by atoms with Crippen LogP contribution in [0.5, 0.6) is 11.5 Å². The minimum Gasteiger partial charge on any atom is -0.481 e. The third-order valence-electron chi connectivity index (χ3n) is 4.48. The van der Waals surface area contributed by atoms with E-state index in [4.69, 9.17) is 21.4 Å². The van der Waals surface area contributed by atoms with E-state index in [2.05, 4.69) is 19.4 Å². The van der Waals surface area contributed by atoms with Crippen molar-refractivity contribution in [3.8, 4) is 11.5 Å². The predicted molar refractivity (Wildman–Crippen MR) is 126 cm³/mol. The van der Waals surface area contributed by atoms with Gasteiger partial charge in [0.15, 0.2) is 11.0 Å². The van der Waals surface area contributed by atoms with E-state index in [9.17, 15) is 13.4 Å². The van der Waals surface area contributed by atoms with E-state index in [0.29, 0.717) is 30.4 Å². The Morgan fingerprint density at radius 2 is 2.09 bits per heavy atom. The van der Waals surface area contributed by atoms with Gasteiger partial charge in [0.25, 0.3) is 0 Å². The number of nitrogens with one attached hydrogen (secondary N) is 2. The van der Waals surface area contributed by atoms with Gasteiger partial charge >= 0.3 is 5.97 Å². The second-order valence-electron chi connectivity index (χ2n) is 7.04. The van der Waals surface area contributed by atoms with Gasteiger partial charge in [0.1, 0.15) is 23.6 Å². The Balaban J connectivity index is 1.69. The van der Waals surface area contributed by atoms with E-state index in [0.717, 1.165) is 35.1 Å². The molecule has 0 aliphatic rings. The molecule has 33 heavy (non-hydrogen) atoms. The number of aliphatic carboxylic acids is 1. The maximum Gasteiger partial charge on any atom is 0.304 e. The van der Waals surface area contributed by atoms with E-state index < -0.39 is 22.8 Å². The fourth-order valence-corrected chi connectivity index (χ4v) is 4.64. The Morgan fingerprint density at radius 1 is 1.27 bits per heavy atom. The summed E-state index contributed by atoms with van der Waals surface area (Å²) in [7, 11) is -1.91. The van der Waals surface area contributed by atoms with E-state index in [-0.39, 0.29) is 22.1 Å². The zero-order chi connectivity index (χ0) is 23.8. The molecular weight excluding hydrogens is 491 g/mol. The Labute approximate surface area is 201 Å². The van der Waals surface area contributed by atoms with E-state index in [1.165, 1.54) is 12.4 Å². The highest BCUT2D eigenvalue weighted by molar-refractivity contribution is 7.86. The van der Waals surface area contributed by atoms with Crippen molar-refractivity contribution in [2.24, 2.45) is 0 Å². The van der Waals surface area contributed by atoms with Crippen molar-refractivity contribution in [2.75, 3.05) is 17.8 Å². The molecule has 12 heteroatoms. The largest absolute Gasteiger partial charge is 0.481 e. The molecule has 0 spiro atoms. The monoisotopic (exact) mass is 512 g/mol. The molecule has 0 fully saturated rings. The molecule has 1 heterocycles. The SMILES string of the molecule is Cc1ccc(Oc2cc(F)c(S(=O)Nc3ncns3)cc2Cl)c(CCCNCCC(=O)O)c1. The van der Waals surface area contributed by atoms with Gasteiger partial charge in [0.2, 0.25) is 5.13 Å². The van der Waals surface area contributed by atoms with Crippen molar-refractivity contribution in [2.45, 2.75) is 31.1 Å². The van der Waals surface area contributed by atoms with Crippen LogP contribution < -0.4 is 14.8 Å². The first-order valence-corrected chi connectivity index (χ1v) is 12.3. The van der Waals surface area contributed by atoms with Gasteiger partial charge < -0.3 is 15.2 Å². The highest BCUT2D eigenvalue weighted by atomic mass is 35.5. The summed E-state index contributed by atoms with van der Waals surface area (Å²) in [4.78, 5) is 14.3. The van der Waals surface area contributed by atoms with Crippen molar-refractivity contribution in [1.82, 2.24) is 14.7 Å². The smallest absolute Gasteiger partial charge is 0.304 e. The van der Waals surface area contributed by atoms with Crippen LogP contribution in [0, 0.1) is 12.7 Å². The molecule has 0 radical (unpaired) electrons. The molecule has 2 aromatic carbocycles. The van der Waals surface area contributed by atoms with Crippen LogP contribution in [0.15, 0.2) is 41.6 Å². The Hall–Kier alpha value is -2.60. The molecule has 0 bridgehead atoms. The summed E-state index contributed by atoms with van der Waals surface area (Å²) in [6.45, 7) is 3.02. The number of benzene rings is 2. The molecule has 0 aliphatic heterocycles. The van der Waals surface area contributed by atoms with Gasteiger partial charge in [0, 0.05) is 24.1 Å². The maximum atomic E-state index is 14.7. The van der Waals surface area contributed by atoms with Crippen molar-refractivity contribution in [1.29, 1.82) is 0 Å². The number of rotatable bonds is 12. The van der Waals surface area contributed by atoms with Gasteiger partial charge in [0.05, 0.1) is 16.3 Å². The lowest BCUT2D eigenvalue weighted by Gasteiger charge is -2.14. The zero-order valence-corrected chi connectivity index (χ0v) is 20.0. The molecule has 0 saturated heterocycles. The second-order valence-corrected chi connectivity index (χ2v) is 9.41. The number of hydrogen-bond donors (Lipinski definition) is 3. The summed E-state index contributed by atoms with van der Waals surface area (Å²) in [6.07, 6.45) is 2.80. The predicted octanol–water partition coefficient (Wildman–Crippen LogP) is 4.56. The lowest BCUT2D eigenvalue weighted by atomic mass is 10.1. The van der Waals surface area contributed by atoms with Crippen LogP contribution in [0.3, 0.4) is 0 Å². The molecule has 176 valence electrons. The minimum absolute atomic E-state index is 0.0693. The van der Waals surface area contributed by atoms with E-state index in [1.807, 2.05) is 19.1 Å². The Kier molecular flexibility index (Phi) is 9.12. The highest BCUT2D eigenvalue weighted by Crippen LogP contribution is 2.35. The molecule has 3 N–H and O–H groups in total. The van der Waals surface area contributed by atoms with Gasteiger partial charge in [-0.3, -0.25) is 9.52 Å². The summed E-state index contributed by atoms with van der Waals surface area (Å²) in [5, 5.41) is 12.2. The van der Waals surface area contributed by atoms with Crippen molar-refractivity contribution in [3.63, 3.8) is 0 Å². The van der Waals surface area contributed by atoms with Crippen molar-refractivity contribution in [3.05, 3.63) is 58.6 Å². The number of halogens is 2. The standard InChI is InChI=1S/C21H22ClFN4O4S2/c1-13-4-5-17(14(9-13)3-2-7-24-8-6-20(28)29)31-18-11-16(23)19(10-15(18)22)33(30)27-21-25-12-26-32-21/h4-5,9-12,24H,2-3,6-8H2,1H3,(H,28,29)(H,25,26,27). The Bertz CT molecular complexity index is 1130. The quantitative estimate of drug-likeness (QED) is 0.305. The van der Waals surface area contributed by atoms with Gasteiger partial charge in [-0.2, -0.15) is 4.37 Å². The third kappa shape index (κ3) is 7.46. The van der Waals surface area contributed by atoms with Gasteiger partial charge in [-0.25, -0.2) is 13.6 Å². The molecule has 3 rings (SSSR count). The molecule has 1 unspecified atom stereocenters. The number of anilines is 1. The summed E-state index contributed by atoms with van der Waals surface area (Å²) >= 11 is 7.31. The van der Waals surface area contributed by atoms with Gasteiger partial charge in [-0.05, 0) is 44.0 Å². The van der Waals surface area contributed by atoms with Crippen molar-refractivity contribution >= 4 is 45.2 Å². The van der Waals surface area contributed by atoms with Crippen LogP contribution in [-0.4, -0.2) is 37.7 Å². The van der Waals surface area contributed by atoms with Crippen LogP contribution in [0.1, 0.15) is 24.0 Å². The lowest BCUT2D eigenvalue weighted by molar-refractivity contribution is -0.136. The zero-order valence-electron chi connectivity index (χ0n) is 17.6. The summed E-state index contributed by atoms with van der Waals surface area (Å²) in [6, 6.07) is 8.01. The third-order valence-corrected chi connectivity index (χ3v) is 6.57. The molecule has 1 aromatic heterocycles. The van der Waals surface area contributed by atoms with Crippen LogP contribution in [0.4, 0.5) is 9.52 Å².